The van der Waals surface area contributed by atoms with Crippen molar-refractivity contribution in [3.8, 4) is 0 Å². The third kappa shape index (κ3) is 3.53. The van der Waals surface area contributed by atoms with E-state index in [-0.39, 0.29) is 5.56 Å². The molecule has 0 bridgehead atoms. The lowest BCUT2D eigenvalue weighted by atomic mass is 10.1. The first-order valence-corrected chi connectivity index (χ1v) is 5.71. The molecule has 0 aliphatic heterocycles. The van der Waals surface area contributed by atoms with Crippen LogP contribution in [0.5, 0.6) is 0 Å². The normalized spacial score (nSPS) is 10.6. The van der Waals surface area contributed by atoms with Crippen LogP contribution in [0, 0.1) is 5.82 Å². The lowest BCUT2D eigenvalue weighted by Gasteiger charge is -2.18. The van der Waals surface area contributed by atoms with Crippen LogP contribution in [-0.2, 0) is 11.3 Å². The van der Waals surface area contributed by atoms with E-state index in [9.17, 15) is 9.18 Å². The number of hydrogen-bond acceptors (Lipinski definition) is 3. The van der Waals surface area contributed by atoms with E-state index < -0.39 is 11.8 Å². The maximum atomic E-state index is 13.6. The summed E-state index contributed by atoms with van der Waals surface area (Å²) in [6.45, 7) is 6.63. The van der Waals surface area contributed by atoms with Crippen LogP contribution in [0.15, 0.2) is 18.2 Å². The van der Waals surface area contributed by atoms with E-state index in [4.69, 9.17) is 0 Å². The van der Waals surface area contributed by atoms with Gasteiger partial charge in [-0.1, -0.05) is 19.9 Å². The van der Waals surface area contributed by atoms with Gasteiger partial charge in [0.05, 0.1) is 12.7 Å². The number of carbonyl (C=O) groups is 1. The maximum absolute atomic E-state index is 13.6. The molecule has 4 heteroatoms. The van der Waals surface area contributed by atoms with Gasteiger partial charge in [-0.2, -0.15) is 0 Å². The Morgan fingerprint density at radius 2 is 2.00 bits per heavy atom. The Balaban J connectivity index is 2.85. The molecule has 0 unspecified atom stereocenters. The first kappa shape index (κ1) is 13.6. The van der Waals surface area contributed by atoms with Crippen molar-refractivity contribution >= 4 is 5.97 Å². The Labute approximate surface area is 101 Å². The lowest BCUT2D eigenvalue weighted by molar-refractivity contribution is 0.0595. The van der Waals surface area contributed by atoms with Gasteiger partial charge in [-0.05, 0) is 30.8 Å². The minimum atomic E-state index is -0.642. The van der Waals surface area contributed by atoms with Gasteiger partial charge in [-0.15, -0.1) is 0 Å². The second-order valence-corrected chi connectivity index (χ2v) is 3.77. The Morgan fingerprint density at radius 1 is 1.35 bits per heavy atom. The van der Waals surface area contributed by atoms with Gasteiger partial charge >= 0.3 is 5.97 Å². The number of hydrogen-bond donors (Lipinski definition) is 0. The Bertz CT molecular complexity index is 389. The summed E-state index contributed by atoms with van der Waals surface area (Å²) >= 11 is 0. The minimum Gasteiger partial charge on any atom is -0.465 e. The molecule has 0 atom stereocenters. The molecule has 0 aromatic heterocycles. The van der Waals surface area contributed by atoms with E-state index in [0.717, 1.165) is 18.7 Å². The second kappa shape index (κ2) is 6.35. The molecule has 3 nitrogen and oxygen atoms in total. The molecular formula is C13H18FNO2. The van der Waals surface area contributed by atoms with Crippen LogP contribution < -0.4 is 0 Å². The van der Waals surface area contributed by atoms with Crippen LogP contribution in [0.25, 0.3) is 0 Å². The quantitative estimate of drug-likeness (QED) is 0.739. The highest BCUT2D eigenvalue weighted by Crippen LogP contribution is 2.13. The number of methoxy groups -OCH3 is 1. The second-order valence-electron chi connectivity index (χ2n) is 3.77. The molecule has 17 heavy (non-hydrogen) atoms. The molecule has 0 fully saturated rings. The number of rotatable bonds is 5. The van der Waals surface area contributed by atoms with E-state index in [0.29, 0.717) is 6.54 Å². The summed E-state index contributed by atoms with van der Waals surface area (Å²) in [6, 6.07) is 4.62. The van der Waals surface area contributed by atoms with Crippen LogP contribution >= 0.6 is 0 Å². The standard InChI is InChI=1S/C13H18FNO2/c1-4-15(5-2)9-10-6-7-11(12(14)8-10)13(16)17-3/h6-8H,4-5,9H2,1-3H3. The van der Waals surface area contributed by atoms with E-state index >= 15 is 0 Å². The number of ether oxygens (including phenoxy) is 1. The molecule has 1 aromatic rings. The number of benzene rings is 1. The molecule has 0 radical (unpaired) electrons. The first-order valence-electron chi connectivity index (χ1n) is 5.71. The molecule has 0 aliphatic carbocycles. The minimum absolute atomic E-state index is 0.0178. The zero-order valence-electron chi connectivity index (χ0n) is 10.5. The topological polar surface area (TPSA) is 29.5 Å². The van der Waals surface area contributed by atoms with Crippen LogP contribution in [-0.4, -0.2) is 31.1 Å². The van der Waals surface area contributed by atoms with Gasteiger partial charge in [-0.3, -0.25) is 4.90 Å². The molecule has 0 saturated carbocycles. The van der Waals surface area contributed by atoms with Crippen molar-refractivity contribution in [2.24, 2.45) is 0 Å². The first-order chi connectivity index (χ1) is 8.12. The monoisotopic (exact) mass is 239 g/mol. The lowest BCUT2D eigenvalue weighted by Crippen LogP contribution is -2.22. The number of nitrogens with zero attached hydrogens (tertiary/aromatic N) is 1. The molecule has 0 amide bonds. The highest BCUT2D eigenvalue weighted by Gasteiger charge is 2.12. The fourth-order valence-electron chi connectivity index (χ4n) is 1.64. The zero-order valence-corrected chi connectivity index (χ0v) is 10.5. The Morgan fingerprint density at radius 3 is 2.47 bits per heavy atom. The van der Waals surface area contributed by atoms with E-state index in [1.165, 1.54) is 19.2 Å². The highest BCUT2D eigenvalue weighted by atomic mass is 19.1. The van der Waals surface area contributed by atoms with Crippen molar-refractivity contribution in [3.05, 3.63) is 35.1 Å². The third-order valence-electron chi connectivity index (χ3n) is 2.74. The molecule has 0 heterocycles. The van der Waals surface area contributed by atoms with Crippen molar-refractivity contribution in [1.82, 2.24) is 4.90 Å². The molecule has 1 aromatic carbocycles. The van der Waals surface area contributed by atoms with Gasteiger partial charge in [0.1, 0.15) is 5.82 Å². The molecule has 1 rings (SSSR count). The third-order valence-corrected chi connectivity index (χ3v) is 2.74. The summed E-state index contributed by atoms with van der Waals surface area (Å²) < 4.78 is 18.1. The predicted octanol–water partition coefficient (Wildman–Crippen LogP) is 2.45. The highest BCUT2D eigenvalue weighted by molar-refractivity contribution is 5.89. The van der Waals surface area contributed by atoms with Crippen LogP contribution in [0.3, 0.4) is 0 Å². The van der Waals surface area contributed by atoms with Crippen molar-refractivity contribution in [2.75, 3.05) is 20.2 Å². The van der Waals surface area contributed by atoms with Gasteiger partial charge in [-0.25, -0.2) is 9.18 Å². The summed E-state index contributed by atoms with van der Waals surface area (Å²) in [5.41, 5.74) is 0.842. The molecule has 0 saturated heterocycles. The van der Waals surface area contributed by atoms with Crippen LogP contribution in [0.1, 0.15) is 29.8 Å². The number of carbonyl (C=O) groups excluding carboxylic acids is 1. The summed E-state index contributed by atoms with van der Waals surface area (Å²) in [5.74, 6) is -1.17. The molecule has 94 valence electrons. The van der Waals surface area contributed by atoms with Crippen molar-refractivity contribution in [2.45, 2.75) is 20.4 Å². The summed E-state index contributed by atoms with van der Waals surface area (Å²) in [5, 5.41) is 0. The van der Waals surface area contributed by atoms with E-state index in [2.05, 4.69) is 23.5 Å². The maximum Gasteiger partial charge on any atom is 0.340 e. The number of esters is 1. The van der Waals surface area contributed by atoms with E-state index in [1.54, 1.807) is 6.07 Å². The molecular weight excluding hydrogens is 221 g/mol. The van der Waals surface area contributed by atoms with Gasteiger partial charge < -0.3 is 4.74 Å². The molecule has 0 aliphatic rings. The SMILES string of the molecule is CCN(CC)Cc1ccc(C(=O)OC)c(F)c1. The smallest absolute Gasteiger partial charge is 0.340 e. The van der Waals surface area contributed by atoms with Gasteiger partial charge in [0.15, 0.2) is 0 Å². The predicted molar refractivity (Wildman–Crippen MR) is 64.4 cm³/mol. The van der Waals surface area contributed by atoms with Gasteiger partial charge in [0.25, 0.3) is 0 Å². The summed E-state index contributed by atoms with van der Waals surface area (Å²) in [4.78, 5) is 13.4. The fourth-order valence-corrected chi connectivity index (χ4v) is 1.64. The average molecular weight is 239 g/mol. The number of halogens is 1. The molecule has 0 N–H and O–H groups in total. The zero-order chi connectivity index (χ0) is 12.8. The van der Waals surface area contributed by atoms with Crippen molar-refractivity contribution < 1.29 is 13.9 Å². The van der Waals surface area contributed by atoms with Gasteiger partial charge in [0, 0.05) is 6.54 Å². The van der Waals surface area contributed by atoms with Crippen molar-refractivity contribution in [3.63, 3.8) is 0 Å². The Kier molecular flexibility index (Phi) is 5.10. The van der Waals surface area contributed by atoms with Crippen molar-refractivity contribution in [1.29, 1.82) is 0 Å². The van der Waals surface area contributed by atoms with Crippen LogP contribution in [0.4, 0.5) is 4.39 Å². The largest absolute Gasteiger partial charge is 0.465 e. The van der Waals surface area contributed by atoms with E-state index in [1.807, 2.05) is 0 Å². The van der Waals surface area contributed by atoms with Gasteiger partial charge in [0.2, 0.25) is 0 Å². The summed E-state index contributed by atoms with van der Waals surface area (Å²) in [6.07, 6.45) is 0. The Hall–Kier alpha value is -1.42. The molecule has 0 spiro atoms. The van der Waals surface area contributed by atoms with Crippen LogP contribution in [0.2, 0.25) is 0 Å². The average Bonchev–Trinajstić information content (AvgIpc) is 2.35. The fraction of sp³-hybridized carbons (Fsp3) is 0.462. The summed E-state index contributed by atoms with van der Waals surface area (Å²) in [7, 11) is 1.24.